The van der Waals surface area contributed by atoms with Crippen molar-refractivity contribution in [2.24, 2.45) is 11.8 Å². The molecule has 1 fully saturated rings. The largest absolute Gasteiger partial charge is 0.294 e. The Morgan fingerprint density at radius 3 is 2.39 bits per heavy atom. The molecule has 1 aliphatic heterocycles. The van der Waals surface area contributed by atoms with E-state index in [2.05, 4.69) is 13.0 Å². The SMILES string of the molecule is CC(C=C1SCCS1)C(C)C(=O)c1ccccc1. The van der Waals surface area contributed by atoms with Crippen LogP contribution < -0.4 is 0 Å². The predicted octanol–water partition coefficient (Wildman–Crippen LogP) is 4.46. The van der Waals surface area contributed by atoms with Gasteiger partial charge in [-0.1, -0.05) is 50.3 Å². The zero-order valence-corrected chi connectivity index (χ0v) is 12.4. The van der Waals surface area contributed by atoms with E-state index >= 15 is 0 Å². The normalized spacial score (nSPS) is 18.4. The molecule has 2 atom stereocenters. The van der Waals surface area contributed by atoms with Crippen molar-refractivity contribution in [3.8, 4) is 0 Å². The van der Waals surface area contributed by atoms with Crippen LogP contribution in [0.5, 0.6) is 0 Å². The fourth-order valence-electron chi connectivity index (χ4n) is 1.89. The number of carbonyl (C=O) groups excluding carboxylic acids is 1. The van der Waals surface area contributed by atoms with Crippen LogP contribution in [-0.2, 0) is 0 Å². The molecule has 1 aliphatic rings. The Labute approximate surface area is 117 Å². The summed E-state index contributed by atoms with van der Waals surface area (Å²) < 4.78 is 1.38. The maximum absolute atomic E-state index is 12.3. The molecule has 2 unspecified atom stereocenters. The van der Waals surface area contributed by atoms with E-state index in [9.17, 15) is 4.79 Å². The molecular formula is C15H18OS2. The second-order valence-corrected chi connectivity index (χ2v) is 7.09. The monoisotopic (exact) mass is 278 g/mol. The summed E-state index contributed by atoms with van der Waals surface area (Å²) in [5.41, 5.74) is 0.821. The van der Waals surface area contributed by atoms with Crippen molar-refractivity contribution in [2.45, 2.75) is 13.8 Å². The van der Waals surface area contributed by atoms with Crippen LogP contribution in [0.3, 0.4) is 0 Å². The van der Waals surface area contributed by atoms with Crippen molar-refractivity contribution in [2.75, 3.05) is 11.5 Å². The molecule has 0 spiro atoms. The van der Waals surface area contributed by atoms with Gasteiger partial charge < -0.3 is 0 Å². The molecule has 0 amide bonds. The summed E-state index contributed by atoms with van der Waals surface area (Å²) in [5, 5.41) is 0. The van der Waals surface area contributed by atoms with Crippen LogP contribution in [0.2, 0.25) is 0 Å². The highest BCUT2D eigenvalue weighted by Gasteiger charge is 2.21. The molecule has 0 radical (unpaired) electrons. The molecule has 1 heterocycles. The van der Waals surface area contributed by atoms with E-state index < -0.39 is 0 Å². The van der Waals surface area contributed by atoms with Crippen LogP contribution in [0.1, 0.15) is 24.2 Å². The number of carbonyl (C=O) groups is 1. The minimum Gasteiger partial charge on any atom is -0.294 e. The van der Waals surface area contributed by atoms with Crippen LogP contribution in [0.25, 0.3) is 0 Å². The van der Waals surface area contributed by atoms with Gasteiger partial charge in [0.15, 0.2) is 5.78 Å². The van der Waals surface area contributed by atoms with Crippen molar-refractivity contribution in [3.05, 3.63) is 46.2 Å². The average Bonchev–Trinajstić information content (AvgIpc) is 2.91. The second kappa shape index (κ2) is 6.48. The van der Waals surface area contributed by atoms with Gasteiger partial charge in [0.05, 0.1) is 0 Å². The van der Waals surface area contributed by atoms with Crippen LogP contribution in [0.15, 0.2) is 40.6 Å². The quantitative estimate of drug-likeness (QED) is 0.757. The van der Waals surface area contributed by atoms with Gasteiger partial charge in [-0.05, 0) is 5.92 Å². The summed E-state index contributed by atoms with van der Waals surface area (Å²) >= 11 is 3.82. The first-order valence-electron chi connectivity index (χ1n) is 6.25. The molecule has 96 valence electrons. The third kappa shape index (κ3) is 3.42. The van der Waals surface area contributed by atoms with Gasteiger partial charge in [-0.15, -0.1) is 23.5 Å². The lowest BCUT2D eigenvalue weighted by Crippen LogP contribution is -2.17. The molecule has 0 N–H and O–H groups in total. The summed E-state index contributed by atoms with van der Waals surface area (Å²) in [6, 6.07) is 9.59. The van der Waals surface area contributed by atoms with Crippen molar-refractivity contribution in [1.82, 2.24) is 0 Å². The van der Waals surface area contributed by atoms with Crippen molar-refractivity contribution in [3.63, 3.8) is 0 Å². The van der Waals surface area contributed by atoms with Crippen LogP contribution in [-0.4, -0.2) is 17.3 Å². The Morgan fingerprint density at radius 2 is 1.78 bits per heavy atom. The van der Waals surface area contributed by atoms with E-state index in [4.69, 9.17) is 0 Å². The van der Waals surface area contributed by atoms with Gasteiger partial charge in [0.1, 0.15) is 0 Å². The molecule has 1 saturated heterocycles. The zero-order valence-electron chi connectivity index (χ0n) is 10.8. The van der Waals surface area contributed by atoms with Crippen molar-refractivity contribution < 1.29 is 4.79 Å². The van der Waals surface area contributed by atoms with Gasteiger partial charge in [0.2, 0.25) is 0 Å². The van der Waals surface area contributed by atoms with Gasteiger partial charge >= 0.3 is 0 Å². The molecule has 0 aromatic heterocycles. The molecule has 1 nitrogen and oxygen atoms in total. The van der Waals surface area contributed by atoms with E-state index in [0.717, 1.165) is 5.56 Å². The van der Waals surface area contributed by atoms with Gasteiger partial charge in [-0.2, -0.15) is 0 Å². The van der Waals surface area contributed by atoms with E-state index in [1.165, 1.54) is 15.7 Å². The lowest BCUT2D eigenvalue weighted by Gasteiger charge is -2.16. The number of thioether (sulfide) groups is 2. The maximum atomic E-state index is 12.3. The number of Topliss-reactive ketones (excluding diaryl/α,β-unsaturated/α-hetero) is 1. The Hall–Kier alpha value is -0.670. The number of hydrogen-bond acceptors (Lipinski definition) is 3. The summed E-state index contributed by atoms with van der Waals surface area (Å²) in [6.07, 6.45) is 2.26. The summed E-state index contributed by atoms with van der Waals surface area (Å²) in [4.78, 5) is 12.3. The molecule has 1 aromatic rings. The predicted molar refractivity (Wildman–Crippen MR) is 82.1 cm³/mol. The first kappa shape index (κ1) is 13.8. The molecule has 0 bridgehead atoms. The fraction of sp³-hybridized carbons (Fsp3) is 0.400. The first-order valence-corrected chi connectivity index (χ1v) is 8.22. The standard InChI is InChI=1S/C15H18OS2/c1-11(10-14-17-8-9-18-14)12(2)15(16)13-6-4-3-5-7-13/h3-7,10-12H,8-9H2,1-2H3. The Balaban J connectivity index is 2.04. The summed E-state index contributed by atoms with van der Waals surface area (Å²) in [7, 11) is 0. The van der Waals surface area contributed by atoms with Gasteiger partial charge in [-0.25, -0.2) is 0 Å². The zero-order chi connectivity index (χ0) is 13.0. The van der Waals surface area contributed by atoms with Crippen molar-refractivity contribution in [1.29, 1.82) is 0 Å². The minimum atomic E-state index is 0.0432. The topological polar surface area (TPSA) is 17.1 Å². The van der Waals surface area contributed by atoms with E-state index in [1.54, 1.807) is 0 Å². The highest BCUT2D eigenvalue weighted by atomic mass is 32.2. The van der Waals surface area contributed by atoms with Crippen LogP contribution >= 0.6 is 23.5 Å². The van der Waals surface area contributed by atoms with Gasteiger partial charge in [0, 0.05) is 27.2 Å². The molecule has 3 heteroatoms. The molecule has 0 saturated carbocycles. The minimum absolute atomic E-state index is 0.0432. The number of hydrogen-bond donors (Lipinski definition) is 0. The van der Waals surface area contributed by atoms with E-state index in [1.807, 2.05) is 60.8 Å². The van der Waals surface area contributed by atoms with Crippen LogP contribution in [0.4, 0.5) is 0 Å². The number of benzene rings is 1. The third-order valence-electron chi connectivity index (χ3n) is 3.23. The number of ketones is 1. The summed E-state index contributed by atoms with van der Waals surface area (Å²) in [5.74, 6) is 2.98. The maximum Gasteiger partial charge on any atom is 0.166 e. The summed E-state index contributed by atoms with van der Waals surface area (Å²) in [6.45, 7) is 4.17. The number of allylic oxidation sites excluding steroid dienone is 1. The lowest BCUT2D eigenvalue weighted by atomic mass is 9.88. The Morgan fingerprint density at radius 1 is 1.17 bits per heavy atom. The Kier molecular flexibility index (Phi) is 4.95. The van der Waals surface area contributed by atoms with E-state index in [-0.39, 0.29) is 11.7 Å². The van der Waals surface area contributed by atoms with E-state index in [0.29, 0.717) is 5.92 Å². The molecular weight excluding hydrogens is 260 g/mol. The van der Waals surface area contributed by atoms with Crippen molar-refractivity contribution >= 4 is 29.3 Å². The highest BCUT2D eigenvalue weighted by molar-refractivity contribution is 8.25. The van der Waals surface area contributed by atoms with Gasteiger partial charge in [-0.3, -0.25) is 4.79 Å². The first-order chi connectivity index (χ1) is 8.68. The average molecular weight is 278 g/mol. The second-order valence-electron chi connectivity index (χ2n) is 4.56. The third-order valence-corrected chi connectivity index (χ3v) is 5.85. The lowest BCUT2D eigenvalue weighted by molar-refractivity contribution is 0.0908. The smallest absolute Gasteiger partial charge is 0.166 e. The molecule has 0 aliphatic carbocycles. The number of rotatable bonds is 4. The molecule has 2 rings (SSSR count). The highest BCUT2D eigenvalue weighted by Crippen LogP contribution is 2.37. The molecule has 1 aromatic carbocycles. The fourth-order valence-corrected chi connectivity index (χ4v) is 4.41. The van der Waals surface area contributed by atoms with Gasteiger partial charge in [0.25, 0.3) is 0 Å². The molecule has 18 heavy (non-hydrogen) atoms. The Bertz CT molecular complexity index is 431. The van der Waals surface area contributed by atoms with Crippen LogP contribution in [0, 0.1) is 11.8 Å².